The molecule has 10 atom stereocenters. The van der Waals surface area contributed by atoms with E-state index in [0.29, 0.717) is 165 Å². The Morgan fingerprint density at radius 3 is 0.979 bits per heavy atom. The van der Waals surface area contributed by atoms with Crippen LogP contribution in [0.4, 0.5) is 42.6 Å². The number of alkyl carbamates (subject to hydrolysis) is 1. The maximum absolute atomic E-state index is 12.5. The Kier molecular flexibility index (Phi) is 45.5. The molecule has 10 unspecified atom stereocenters. The van der Waals surface area contributed by atoms with Crippen LogP contribution in [0.1, 0.15) is 154 Å². The maximum Gasteiger partial charge on any atom is 0.410 e. The molecule has 9 aromatic rings. The number of amides is 3. The second kappa shape index (κ2) is 57.3. The standard InChI is InChI=1S/C22H30N4O3.C20H26N4O2.C17H22N4O.C13H20N4O2.C11H9ClN2O.C11H22N2O2.C9H15BrFNO2.C3H4O2/c1-16-13-25(14-17(2)26(16)21(27)29-22(3,4)5)20-23-11-19(12-24-20)28-15-18-9-7-6-8-10-18;1-15-10-23(11-16(2)24(15)18-13-25-14-18)20-21-8-19(9-22-20)26-12-17-6-4-3-5-7-17;1-13-10-21(11-14(2)20-13)17-18-8-16(9-19-17)22-12-15-6-4-3-5-7-15;1-9-5-16(13-14-3-12(18)4-15-13)6-10(2)17(9)11-7-19-8-11;12-11-13-6-10(7-14-11)15-8-9-4-2-1-3-5-9;1-8-6-13(7-9(2)12-8)10(14)15-11(3,4)5;1-9(2,3)14-8(13)12-6-7(4-10)5-11;4-3-1-5-2-3/h6-12,16-17H,13-15H2,1-5H3;3-9,15-16,18H,10-14H2,1-2H3;3-9,13-14,20H,10-12H2,1-2H3;3-4,9-11,18H,5-8H2,1-2H3;1-7H,8H2;8-9,12H,6-7H2,1-5H3;5H,4,6H2,1-3H3,(H,12,13);1-2H2/b;;;;;;7-5-;. The highest BCUT2D eigenvalue weighted by Gasteiger charge is 2.42. The summed E-state index contributed by atoms with van der Waals surface area (Å²) in [5, 5.41) is 19.2. The number of anilines is 4. The van der Waals surface area contributed by atoms with Gasteiger partial charge < -0.3 is 92.9 Å². The van der Waals surface area contributed by atoms with Gasteiger partial charge in [0.15, 0.2) is 34.5 Å². The van der Waals surface area contributed by atoms with Crippen molar-refractivity contribution in [2.45, 2.75) is 247 Å². The molecule has 0 spiro atoms. The summed E-state index contributed by atoms with van der Waals surface area (Å²) >= 11 is 8.64. The van der Waals surface area contributed by atoms with Crippen LogP contribution in [0, 0.1) is 0 Å². The lowest BCUT2D eigenvalue weighted by Gasteiger charge is -2.50. The number of alkyl halides is 1. The monoisotopic (exact) mass is 2090 g/mol. The number of Topliss-reactive ketones (excluding diaryl/α,β-unsaturated/α-hetero) is 1. The maximum atomic E-state index is 12.5. The van der Waals surface area contributed by atoms with Gasteiger partial charge in [-0.05, 0) is 171 Å². The van der Waals surface area contributed by atoms with E-state index in [1.54, 1.807) is 80.1 Å². The fourth-order valence-electron chi connectivity index (χ4n) is 16.9. The highest BCUT2D eigenvalue weighted by molar-refractivity contribution is 9.09. The Labute approximate surface area is 867 Å². The summed E-state index contributed by atoms with van der Waals surface area (Å²) in [6.45, 7) is 52.8. The molecule has 0 aliphatic carbocycles. The summed E-state index contributed by atoms with van der Waals surface area (Å²) in [5.41, 5.74) is 3.48. The van der Waals surface area contributed by atoms with Crippen molar-refractivity contribution in [1.29, 1.82) is 0 Å². The van der Waals surface area contributed by atoms with Crippen molar-refractivity contribution in [2.24, 2.45) is 0 Å². The lowest BCUT2D eigenvalue weighted by atomic mass is 10.0. The molecule has 13 heterocycles. The van der Waals surface area contributed by atoms with E-state index in [9.17, 15) is 28.7 Å². The van der Waals surface area contributed by atoms with Crippen LogP contribution in [0.5, 0.6) is 28.7 Å². The minimum absolute atomic E-state index is 0.00814. The summed E-state index contributed by atoms with van der Waals surface area (Å²) < 4.78 is 65.8. The number of rotatable bonds is 21. The van der Waals surface area contributed by atoms with Crippen molar-refractivity contribution >= 4 is 75.4 Å². The van der Waals surface area contributed by atoms with Crippen molar-refractivity contribution in [3.63, 3.8) is 0 Å². The van der Waals surface area contributed by atoms with E-state index in [4.69, 9.17) is 54.2 Å². The largest absolute Gasteiger partial charge is 0.505 e. The van der Waals surface area contributed by atoms with E-state index in [0.717, 1.165) is 113 Å². The molecule has 0 saturated carbocycles. The van der Waals surface area contributed by atoms with Crippen LogP contribution in [0.15, 0.2) is 195 Å². The van der Waals surface area contributed by atoms with E-state index < -0.39 is 22.9 Å². The Bertz CT molecular complexity index is 5270. The lowest BCUT2D eigenvalue weighted by Crippen LogP contribution is -2.64. The molecule has 17 rings (SSSR count). The molecule has 788 valence electrons. The van der Waals surface area contributed by atoms with Gasteiger partial charge >= 0.3 is 18.3 Å². The van der Waals surface area contributed by atoms with Gasteiger partial charge in [-0.2, -0.15) is 0 Å². The zero-order valence-corrected chi connectivity index (χ0v) is 89.6. The number of piperazine rings is 5. The Morgan fingerprint density at radius 2 is 0.703 bits per heavy atom. The van der Waals surface area contributed by atoms with Crippen LogP contribution >= 0.6 is 27.5 Å². The first-order chi connectivity index (χ1) is 69.2. The van der Waals surface area contributed by atoms with E-state index in [1.807, 2.05) is 177 Å². The van der Waals surface area contributed by atoms with Gasteiger partial charge in [-0.1, -0.05) is 137 Å². The zero-order valence-electron chi connectivity index (χ0n) is 87.2. The molecule has 8 aliphatic rings. The van der Waals surface area contributed by atoms with Crippen molar-refractivity contribution in [1.82, 2.24) is 85.4 Å². The molecule has 4 N–H and O–H groups in total. The molecule has 0 radical (unpaired) electrons. The highest BCUT2D eigenvalue weighted by Crippen LogP contribution is 2.31. The smallest absolute Gasteiger partial charge is 0.410 e. The molecule has 145 heavy (non-hydrogen) atoms. The molecule has 39 heteroatoms. The van der Waals surface area contributed by atoms with Crippen LogP contribution in [0.3, 0.4) is 0 Å². The second-order valence-electron chi connectivity index (χ2n) is 40.2. The number of benzene rings is 4. The van der Waals surface area contributed by atoms with Gasteiger partial charge in [-0.15, -0.1) is 0 Å². The van der Waals surface area contributed by atoms with Crippen LogP contribution in [-0.2, 0) is 59.6 Å². The van der Waals surface area contributed by atoms with Gasteiger partial charge in [0.1, 0.15) is 56.4 Å². The number of aromatic hydroxyl groups is 1. The van der Waals surface area contributed by atoms with Crippen molar-refractivity contribution in [3.8, 4) is 28.7 Å². The number of carbonyl (C=O) groups is 4. The fraction of sp³-hybridized carbons (Fsp3) is 0.528. The van der Waals surface area contributed by atoms with Crippen molar-refractivity contribution < 1.29 is 76.0 Å². The van der Waals surface area contributed by atoms with Crippen LogP contribution in [0.2, 0.25) is 5.28 Å². The molecular formula is C106H148BrClFN21O15. The summed E-state index contributed by atoms with van der Waals surface area (Å²) in [5.74, 6) is 5.84. The predicted octanol–water partition coefficient (Wildman–Crippen LogP) is 15.6. The van der Waals surface area contributed by atoms with Gasteiger partial charge in [0.2, 0.25) is 29.1 Å². The number of nitrogens with one attached hydrogen (secondary N) is 3. The van der Waals surface area contributed by atoms with E-state index in [-0.39, 0.29) is 47.6 Å². The predicted molar refractivity (Wildman–Crippen MR) is 561 cm³/mol. The van der Waals surface area contributed by atoms with Crippen LogP contribution in [-0.4, -0.2) is 305 Å². The topological polar surface area (TPSA) is 372 Å². The zero-order chi connectivity index (χ0) is 105. The first-order valence-electron chi connectivity index (χ1n) is 49.4. The molecule has 36 nitrogen and oxygen atoms in total. The number of nitrogens with zero attached hydrogens (tertiary/aromatic N) is 18. The summed E-state index contributed by atoms with van der Waals surface area (Å²) in [4.78, 5) is 106. The molecule has 8 saturated heterocycles. The van der Waals surface area contributed by atoms with E-state index in [1.165, 1.54) is 12.4 Å². The second-order valence-corrected chi connectivity index (χ2v) is 41.1. The number of carbonyl (C=O) groups excluding carboxylic acids is 4. The lowest BCUT2D eigenvalue weighted by molar-refractivity contribution is -0.140. The van der Waals surface area contributed by atoms with Gasteiger partial charge in [0.25, 0.3) is 0 Å². The third-order valence-corrected chi connectivity index (χ3v) is 24.2. The number of hydrogen-bond acceptors (Lipinski definition) is 33. The Hall–Kier alpha value is -11.9. The normalized spacial score (nSPS) is 21.3. The first kappa shape index (κ1) is 115. The SMILES string of the molecule is CC(C)(C)OC(=O)NC/C(=C\F)CBr.CC1CN(C(=O)OC(C)(C)C)CC(C)N1.CC1CN(c2ncc(O)cn2)CC(C)N1C1COC1.CC1CN(c2ncc(OCc3ccccc3)cn2)CC(C)N1.CC1CN(c2ncc(OCc3ccccc3)cn2)CC(C)N1C(=O)OC(C)(C)C.CC1CN(c2ncc(OCc3ccccc3)cn2)CC(C)N1C1COC1.Clc1ncc(OCc2ccccc2)cn1.O=C1COC1. The summed E-state index contributed by atoms with van der Waals surface area (Å²) in [7, 11) is 0. The third-order valence-electron chi connectivity index (χ3n) is 23.2. The molecule has 4 aromatic carbocycles. The van der Waals surface area contributed by atoms with Crippen LogP contribution < -0.4 is 54.5 Å². The number of ketones is 1. The molecule has 0 bridgehead atoms. The third kappa shape index (κ3) is 40.1. The minimum Gasteiger partial charge on any atom is -0.505 e. The molecule has 8 aliphatic heterocycles. The summed E-state index contributed by atoms with van der Waals surface area (Å²) in [6, 6.07) is 44.6. The Balaban J connectivity index is 0.000000174. The molecule has 8 fully saturated rings. The summed E-state index contributed by atoms with van der Waals surface area (Å²) in [6.07, 6.45) is 15.9. The number of hydrogen-bond donors (Lipinski definition) is 4. The quantitative estimate of drug-likeness (QED) is 0.0295. The van der Waals surface area contributed by atoms with Crippen molar-refractivity contribution in [2.75, 3.05) is 137 Å². The number of aromatic nitrogens is 10. The van der Waals surface area contributed by atoms with Crippen molar-refractivity contribution in [3.05, 3.63) is 223 Å². The van der Waals surface area contributed by atoms with Gasteiger partial charge in [0, 0.05) is 126 Å². The number of halogens is 3. The fourth-order valence-corrected chi connectivity index (χ4v) is 17.4. The molecule has 5 aromatic heterocycles. The average molecular weight is 2090 g/mol. The number of ether oxygens (including phenoxy) is 10. The first-order valence-corrected chi connectivity index (χ1v) is 50.9. The minimum atomic E-state index is -0.544. The van der Waals surface area contributed by atoms with Gasteiger partial charge in [0.05, 0.1) is 119 Å². The van der Waals surface area contributed by atoms with E-state index in [2.05, 4.69) is 171 Å². The molecule has 3 amide bonds. The van der Waals surface area contributed by atoms with Gasteiger partial charge in [-0.3, -0.25) is 19.5 Å². The van der Waals surface area contributed by atoms with E-state index >= 15 is 0 Å². The van der Waals surface area contributed by atoms with Gasteiger partial charge in [-0.25, -0.2) is 68.6 Å². The Morgan fingerprint density at radius 1 is 0.421 bits per heavy atom. The van der Waals surface area contributed by atoms with Crippen LogP contribution in [0.25, 0.3) is 0 Å². The highest BCUT2D eigenvalue weighted by atomic mass is 79.9. The molecular weight excluding hydrogens is 1940 g/mol. The average Bonchev–Trinajstić information content (AvgIpc) is 0.794.